The minimum absolute atomic E-state index is 0.321. The highest BCUT2D eigenvalue weighted by Crippen LogP contribution is 2.33. The zero-order chi connectivity index (χ0) is 13.8. The van der Waals surface area contributed by atoms with E-state index in [1.165, 1.54) is 0 Å². The number of nitrogens with two attached hydrogens (primary N) is 1. The summed E-state index contributed by atoms with van der Waals surface area (Å²) in [4.78, 5) is 14.2. The summed E-state index contributed by atoms with van der Waals surface area (Å²) in [6, 6.07) is 0. The Hall–Kier alpha value is -0.570. The zero-order valence-electron chi connectivity index (χ0n) is 12.5. The van der Waals surface area contributed by atoms with Crippen LogP contribution in [-0.2, 0) is 4.79 Å². The molecule has 0 saturated carbocycles. The van der Waals surface area contributed by atoms with E-state index in [-0.39, 0.29) is 0 Å². The lowest BCUT2D eigenvalue weighted by Gasteiger charge is -2.27. The molecule has 1 aliphatic rings. The van der Waals surface area contributed by atoms with E-state index in [1.54, 1.807) is 0 Å². The van der Waals surface area contributed by atoms with Crippen molar-refractivity contribution in [3.63, 3.8) is 0 Å². The maximum atomic E-state index is 12.1. The predicted octanol–water partition coefficient (Wildman–Crippen LogP) is 2.65. The van der Waals surface area contributed by atoms with Gasteiger partial charge < -0.3 is 10.6 Å². The van der Waals surface area contributed by atoms with Gasteiger partial charge in [0.1, 0.15) is 0 Å². The molecule has 1 aliphatic heterocycles. The van der Waals surface area contributed by atoms with Crippen LogP contribution in [0.4, 0.5) is 0 Å². The Bertz CT molecular complexity index is 270. The van der Waals surface area contributed by atoms with Crippen LogP contribution in [0.3, 0.4) is 0 Å². The highest BCUT2D eigenvalue weighted by molar-refractivity contribution is 5.76. The molecule has 0 bridgehead atoms. The van der Waals surface area contributed by atoms with Gasteiger partial charge in [-0.15, -0.1) is 0 Å². The van der Waals surface area contributed by atoms with E-state index in [2.05, 4.69) is 32.6 Å². The van der Waals surface area contributed by atoms with E-state index in [9.17, 15) is 4.79 Å². The van der Waals surface area contributed by atoms with Gasteiger partial charge in [0, 0.05) is 19.5 Å². The number of carbonyl (C=O) groups is 1. The average molecular weight is 254 g/mol. The lowest BCUT2D eigenvalue weighted by molar-refractivity contribution is -0.130. The number of rotatable bonds is 5. The molecule has 1 fully saturated rings. The monoisotopic (exact) mass is 254 g/mol. The van der Waals surface area contributed by atoms with E-state index in [4.69, 9.17) is 5.73 Å². The van der Waals surface area contributed by atoms with E-state index < -0.39 is 0 Å². The van der Waals surface area contributed by atoms with Crippen LogP contribution in [0.1, 0.15) is 53.4 Å². The van der Waals surface area contributed by atoms with Crippen molar-refractivity contribution in [1.82, 2.24) is 4.90 Å². The number of hydrogen-bond donors (Lipinski definition) is 1. The second-order valence-electron chi connectivity index (χ2n) is 6.91. The zero-order valence-corrected chi connectivity index (χ0v) is 12.5. The molecule has 0 radical (unpaired) electrons. The standard InChI is InChI=1S/C15H30N2O/c1-12(7-9-16)5-6-14(18)17-10-8-13(11-17)15(2,3)4/h12-13H,5-11,16H2,1-4H3. The van der Waals surface area contributed by atoms with Crippen LogP contribution in [-0.4, -0.2) is 30.4 Å². The fraction of sp³-hybridized carbons (Fsp3) is 0.933. The Balaban J connectivity index is 2.32. The maximum Gasteiger partial charge on any atom is 0.222 e. The van der Waals surface area contributed by atoms with Gasteiger partial charge in [0.15, 0.2) is 0 Å². The van der Waals surface area contributed by atoms with Crippen molar-refractivity contribution < 1.29 is 4.79 Å². The lowest BCUT2D eigenvalue weighted by Crippen LogP contribution is -2.31. The van der Waals surface area contributed by atoms with Crippen LogP contribution in [0.25, 0.3) is 0 Å². The Labute approximate surface area is 112 Å². The number of hydrogen-bond acceptors (Lipinski definition) is 2. The van der Waals surface area contributed by atoms with Crippen molar-refractivity contribution in [1.29, 1.82) is 0 Å². The summed E-state index contributed by atoms with van der Waals surface area (Å²) >= 11 is 0. The highest BCUT2D eigenvalue weighted by Gasteiger charge is 2.33. The fourth-order valence-corrected chi connectivity index (χ4v) is 2.65. The molecule has 0 spiro atoms. The molecule has 1 amide bonds. The minimum Gasteiger partial charge on any atom is -0.342 e. The molecule has 18 heavy (non-hydrogen) atoms. The molecular weight excluding hydrogens is 224 g/mol. The summed E-state index contributed by atoms with van der Waals surface area (Å²) in [6.45, 7) is 11.6. The van der Waals surface area contributed by atoms with E-state index in [0.717, 1.165) is 38.9 Å². The third-order valence-electron chi connectivity index (χ3n) is 4.28. The first-order valence-electron chi connectivity index (χ1n) is 7.32. The van der Waals surface area contributed by atoms with Gasteiger partial charge in [-0.05, 0) is 43.1 Å². The molecular formula is C15H30N2O. The van der Waals surface area contributed by atoms with Crippen LogP contribution in [0.15, 0.2) is 0 Å². The van der Waals surface area contributed by atoms with Crippen molar-refractivity contribution in [2.75, 3.05) is 19.6 Å². The third-order valence-corrected chi connectivity index (χ3v) is 4.28. The molecule has 106 valence electrons. The summed E-state index contributed by atoms with van der Waals surface area (Å²) in [5, 5.41) is 0. The minimum atomic E-state index is 0.321. The Kier molecular flexibility index (Phi) is 5.64. The Morgan fingerprint density at radius 2 is 2.06 bits per heavy atom. The van der Waals surface area contributed by atoms with E-state index in [1.807, 2.05) is 0 Å². The van der Waals surface area contributed by atoms with Crippen LogP contribution in [0.2, 0.25) is 0 Å². The fourth-order valence-electron chi connectivity index (χ4n) is 2.65. The summed E-state index contributed by atoms with van der Waals surface area (Å²) in [5.41, 5.74) is 5.85. The molecule has 0 aromatic heterocycles. The first kappa shape index (κ1) is 15.5. The smallest absolute Gasteiger partial charge is 0.222 e. The molecule has 2 unspecified atom stereocenters. The first-order valence-corrected chi connectivity index (χ1v) is 7.32. The second-order valence-corrected chi connectivity index (χ2v) is 6.91. The van der Waals surface area contributed by atoms with Crippen LogP contribution >= 0.6 is 0 Å². The van der Waals surface area contributed by atoms with Crippen LogP contribution < -0.4 is 5.73 Å². The largest absolute Gasteiger partial charge is 0.342 e. The molecule has 2 atom stereocenters. The topological polar surface area (TPSA) is 46.3 Å². The van der Waals surface area contributed by atoms with Crippen LogP contribution in [0, 0.1) is 17.3 Å². The van der Waals surface area contributed by atoms with Gasteiger partial charge in [0.25, 0.3) is 0 Å². The Morgan fingerprint density at radius 1 is 1.39 bits per heavy atom. The summed E-state index contributed by atoms with van der Waals surface area (Å²) < 4.78 is 0. The summed E-state index contributed by atoms with van der Waals surface area (Å²) in [6.07, 6.45) is 3.86. The summed E-state index contributed by atoms with van der Waals surface area (Å²) in [7, 11) is 0. The van der Waals surface area contributed by atoms with E-state index in [0.29, 0.717) is 29.6 Å². The van der Waals surface area contributed by atoms with E-state index >= 15 is 0 Å². The quantitative estimate of drug-likeness (QED) is 0.820. The van der Waals surface area contributed by atoms with Crippen molar-refractivity contribution in [2.45, 2.75) is 53.4 Å². The molecule has 3 heteroatoms. The summed E-state index contributed by atoms with van der Waals surface area (Å²) in [5.74, 6) is 1.56. The number of carbonyl (C=O) groups excluding carboxylic acids is 1. The normalized spacial score (nSPS) is 22.3. The lowest BCUT2D eigenvalue weighted by atomic mass is 9.80. The molecule has 3 nitrogen and oxygen atoms in total. The molecule has 1 saturated heterocycles. The van der Waals surface area contributed by atoms with Gasteiger partial charge in [0.05, 0.1) is 0 Å². The predicted molar refractivity (Wildman–Crippen MR) is 76.2 cm³/mol. The Morgan fingerprint density at radius 3 is 2.56 bits per heavy atom. The van der Waals surface area contributed by atoms with Gasteiger partial charge in [-0.3, -0.25) is 4.79 Å². The van der Waals surface area contributed by atoms with Gasteiger partial charge in [-0.25, -0.2) is 0 Å². The highest BCUT2D eigenvalue weighted by atomic mass is 16.2. The van der Waals surface area contributed by atoms with Gasteiger partial charge in [0.2, 0.25) is 5.91 Å². The molecule has 1 heterocycles. The van der Waals surface area contributed by atoms with Gasteiger partial charge in [-0.1, -0.05) is 27.7 Å². The van der Waals surface area contributed by atoms with Crippen molar-refractivity contribution in [3.05, 3.63) is 0 Å². The van der Waals surface area contributed by atoms with Gasteiger partial charge >= 0.3 is 0 Å². The molecule has 2 N–H and O–H groups in total. The second kappa shape index (κ2) is 6.55. The molecule has 0 aliphatic carbocycles. The molecule has 0 aromatic rings. The molecule has 1 rings (SSSR count). The number of amides is 1. The number of likely N-dealkylation sites (tertiary alicyclic amines) is 1. The SMILES string of the molecule is CC(CCN)CCC(=O)N1CCC(C(C)(C)C)C1. The maximum absolute atomic E-state index is 12.1. The van der Waals surface area contributed by atoms with Gasteiger partial charge in [-0.2, -0.15) is 0 Å². The van der Waals surface area contributed by atoms with Crippen molar-refractivity contribution >= 4 is 5.91 Å². The average Bonchev–Trinajstić information content (AvgIpc) is 2.75. The molecule has 0 aromatic carbocycles. The third kappa shape index (κ3) is 4.60. The first-order chi connectivity index (χ1) is 8.34. The van der Waals surface area contributed by atoms with Crippen molar-refractivity contribution in [2.24, 2.45) is 23.0 Å². The van der Waals surface area contributed by atoms with Crippen molar-refractivity contribution in [3.8, 4) is 0 Å². The van der Waals surface area contributed by atoms with Crippen LogP contribution in [0.5, 0.6) is 0 Å². The number of nitrogens with zero attached hydrogens (tertiary/aromatic N) is 1.